The molecular weight excluding hydrogens is 416 g/mol. The summed E-state index contributed by atoms with van der Waals surface area (Å²) in [4.78, 5) is 14.8. The molecule has 174 valence electrons. The minimum Gasteiger partial charge on any atom is -0.390 e. The van der Waals surface area contributed by atoms with Gasteiger partial charge in [0.1, 0.15) is 0 Å². The van der Waals surface area contributed by atoms with Crippen molar-refractivity contribution in [1.29, 1.82) is 0 Å². The number of hydrogen-bond donors (Lipinski definition) is 6. The Morgan fingerprint density at radius 3 is 2.77 bits per heavy atom. The van der Waals surface area contributed by atoms with Crippen LogP contribution in [-0.2, 0) is 4.79 Å². The SMILES string of the molecule is N[C@@H]1CN(C2NC(C3CCC(Cl)CC3NC(=O)C3CC3)NCC2C2=CCNC2)C[C@H]1O. The van der Waals surface area contributed by atoms with Gasteiger partial charge in [-0.2, -0.15) is 0 Å². The molecule has 8 atom stereocenters. The van der Waals surface area contributed by atoms with Crippen LogP contribution in [0, 0.1) is 17.8 Å². The fourth-order valence-corrected chi connectivity index (χ4v) is 6.21. The van der Waals surface area contributed by atoms with Crippen molar-refractivity contribution in [3.05, 3.63) is 11.6 Å². The molecule has 0 aromatic rings. The number of β-amino-alcohol motifs (C(OH)–C–C–N with tert-alkyl or cyclic N) is 1. The Labute approximate surface area is 189 Å². The number of likely N-dealkylation sites (tertiary alicyclic amines) is 1. The van der Waals surface area contributed by atoms with Gasteiger partial charge in [0.25, 0.3) is 0 Å². The van der Waals surface area contributed by atoms with E-state index in [1.165, 1.54) is 5.57 Å². The van der Waals surface area contributed by atoms with Crippen molar-refractivity contribution in [1.82, 2.24) is 26.2 Å². The molecule has 3 heterocycles. The van der Waals surface area contributed by atoms with Crippen LogP contribution in [0.5, 0.6) is 0 Å². The number of aliphatic hydroxyl groups excluding tert-OH is 1. The van der Waals surface area contributed by atoms with E-state index in [1.807, 2.05) is 0 Å². The normalized spacial score (nSPS) is 44.3. The number of halogens is 1. The van der Waals surface area contributed by atoms with Gasteiger partial charge in [0.2, 0.25) is 5.91 Å². The predicted molar refractivity (Wildman–Crippen MR) is 120 cm³/mol. The van der Waals surface area contributed by atoms with Crippen molar-refractivity contribution < 1.29 is 9.90 Å². The first-order valence-electron chi connectivity index (χ1n) is 12.0. The Hall–Kier alpha value is -0.740. The molecule has 8 nitrogen and oxygen atoms in total. The molecule has 5 rings (SSSR count). The predicted octanol–water partition coefficient (Wildman–Crippen LogP) is -0.717. The second-order valence-electron chi connectivity index (χ2n) is 10.2. The molecule has 9 heteroatoms. The van der Waals surface area contributed by atoms with Crippen LogP contribution in [0.1, 0.15) is 32.1 Å². The Balaban J connectivity index is 1.32. The number of hydrogen-bond acceptors (Lipinski definition) is 7. The molecular formula is C22H37ClN6O2. The maximum atomic E-state index is 12.5. The summed E-state index contributed by atoms with van der Waals surface area (Å²) in [7, 11) is 0. The number of carbonyl (C=O) groups is 1. The van der Waals surface area contributed by atoms with Crippen molar-refractivity contribution >= 4 is 17.5 Å². The molecule has 0 aromatic heterocycles. The van der Waals surface area contributed by atoms with E-state index in [0.29, 0.717) is 19.0 Å². The summed E-state index contributed by atoms with van der Waals surface area (Å²) < 4.78 is 0. The zero-order valence-corrected chi connectivity index (χ0v) is 18.9. The fraction of sp³-hybridized carbons (Fsp3) is 0.864. The van der Waals surface area contributed by atoms with Gasteiger partial charge in [-0.15, -0.1) is 11.6 Å². The number of amides is 1. The first kappa shape index (κ1) is 22.1. The Morgan fingerprint density at radius 1 is 1.26 bits per heavy atom. The average molecular weight is 453 g/mol. The van der Waals surface area contributed by atoms with Crippen molar-refractivity contribution in [2.75, 3.05) is 32.7 Å². The molecule has 0 spiro atoms. The van der Waals surface area contributed by atoms with E-state index >= 15 is 0 Å². The van der Waals surface area contributed by atoms with E-state index in [9.17, 15) is 9.90 Å². The Kier molecular flexibility index (Phi) is 6.59. The number of aliphatic hydroxyl groups is 1. The van der Waals surface area contributed by atoms with Crippen molar-refractivity contribution in [2.45, 2.75) is 68.0 Å². The minimum absolute atomic E-state index is 0.0883. The fourth-order valence-electron chi connectivity index (χ4n) is 5.89. The van der Waals surface area contributed by atoms with Crippen LogP contribution >= 0.6 is 11.6 Å². The molecule has 0 aromatic carbocycles. The molecule has 6 unspecified atom stereocenters. The summed E-state index contributed by atoms with van der Waals surface area (Å²) >= 11 is 6.51. The number of rotatable bonds is 5. The molecule has 7 N–H and O–H groups in total. The molecule has 0 radical (unpaired) electrons. The van der Waals surface area contributed by atoms with Crippen LogP contribution < -0.4 is 27.0 Å². The lowest BCUT2D eigenvalue weighted by Gasteiger charge is -2.48. The molecule has 2 saturated carbocycles. The number of carbonyl (C=O) groups excluding carboxylic acids is 1. The van der Waals surface area contributed by atoms with Gasteiger partial charge >= 0.3 is 0 Å². The van der Waals surface area contributed by atoms with Crippen LogP contribution in [0.25, 0.3) is 0 Å². The molecule has 1 amide bonds. The van der Waals surface area contributed by atoms with Gasteiger partial charge in [0, 0.05) is 67.9 Å². The van der Waals surface area contributed by atoms with Gasteiger partial charge < -0.3 is 26.8 Å². The van der Waals surface area contributed by atoms with Gasteiger partial charge in [-0.3, -0.25) is 15.0 Å². The quantitative estimate of drug-likeness (QED) is 0.241. The van der Waals surface area contributed by atoms with Crippen molar-refractivity contribution in [2.24, 2.45) is 23.5 Å². The largest absolute Gasteiger partial charge is 0.390 e. The minimum atomic E-state index is -0.483. The maximum Gasteiger partial charge on any atom is 0.223 e. The monoisotopic (exact) mass is 452 g/mol. The standard InChI is InChI=1S/C22H37ClN6O2/c23-14-3-4-15(18(7-14)27-22(31)12-1-2-12)20-26-9-16(13-5-6-25-8-13)21(28-20)29-10-17(24)19(30)11-29/h5,12,14-21,25-26,28,30H,1-4,6-11,24H2,(H,27,31)/t14?,15?,16?,17-,18?,19-,20?,21?/m1/s1. The average Bonchev–Trinajstić information content (AvgIpc) is 3.37. The van der Waals surface area contributed by atoms with E-state index in [1.54, 1.807) is 0 Å². The topological polar surface area (TPSA) is 115 Å². The molecule has 3 aliphatic heterocycles. The lowest BCUT2D eigenvalue weighted by molar-refractivity contribution is -0.123. The van der Waals surface area contributed by atoms with Gasteiger partial charge in [-0.1, -0.05) is 11.6 Å². The molecule has 4 fully saturated rings. The second kappa shape index (κ2) is 9.25. The number of nitrogens with zero attached hydrogens (tertiary/aromatic N) is 1. The van der Waals surface area contributed by atoms with E-state index in [2.05, 4.69) is 32.2 Å². The Morgan fingerprint density at radius 2 is 2.10 bits per heavy atom. The van der Waals surface area contributed by atoms with E-state index in [-0.39, 0.29) is 47.5 Å². The molecule has 2 saturated heterocycles. The highest BCUT2D eigenvalue weighted by molar-refractivity contribution is 6.20. The smallest absolute Gasteiger partial charge is 0.223 e. The van der Waals surface area contributed by atoms with Crippen LogP contribution in [0.2, 0.25) is 0 Å². The lowest BCUT2D eigenvalue weighted by Crippen LogP contribution is -2.68. The number of nitrogens with one attached hydrogen (secondary N) is 4. The zero-order valence-electron chi connectivity index (χ0n) is 18.1. The third-order valence-corrected chi connectivity index (χ3v) is 8.30. The summed E-state index contributed by atoms with van der Waals surface area (Å²) in [5.74, 6) is 1.02. The van der Waals surface area contributed by atoms with Gasteiger partial charge in [-0.05, 0) is 32.1 Å². The summed E-state index contributed by atoms with van der Waals surface area (Å²) in [6.07, 6.45) is 6.83. The van der Waals surface area contributed by atoms with E-state index in [0.717, 1.165) is 51.7 Å². The lowest BCUT2D eigenvalue weighted by atomic mass is 9.80. The first-order valence-corrected chi connectivity index (χ1v) is 12.4. The summed E-state index contributed by atoms with van der Waals surface area (Å²) in [6.45, 7) is 3.99. The number of alkyl halides is 1. The molecule has 0 bridgehead atoms. The summed E-state index contributed by atoms with van der Waals surface area (Å²) in [5.41, 5.74) is 7.57. The van der Waals surface area contributed by atoms with Crippen LogP contribution in [0.15, 0.2) is 11.6 Å². The van der Waals surface area contributed by atoms with E-state index in [4.69, 9.17) is 17.3 Å². The molecule has 5 aliphatic rings. The van der Waals surface area contributed by atoms with Crippen molar-refractivity contribution in [3.8, 4) is 0 Å². The van der Waals surface area contributed by atoms with Gasteiger partial charge in [0.05, 0.1) is 18.4 Å². The highest BCUT2D eigenvalue weighted by atomic mass is 35.5. The zero-order chi connectivity index (χ0) is 21.5. The van der Waals surface area contributed by atoms with Crippen molar-refractivity contribution in [3.63, 3.8) is 0 Å². The summed E-state index contributed by atoms with van der Waals surface area (Å²) in [5, 5.41) is 24.8. The van der Waals surface area contributed by atoms with Crippen LogP contribution in [0.3, 0.4) is 0 Å². The second-order valence-corrected chi connectivity index (χ2v) is 10.8. The third kappa shape index (κ3) is 4.81. The third-order valence-electron chi connectivity index (χ3n) is 7.90. The molecule has 2 aliphatic carbocycles. The summed E-state index contributed by atoms with van der Waals surface area (Å²) in [6, 6.07) is -0.117. The maximum absolute atomic E-state index is 12.5. The first-order chi connectivity index (χ1) is 15.0. The highest BCUT2D eigenvalue weighted by Gasteiger charge is 2.45. The van der Waals surface area contributed by atoms with Gasteiger partial charge in [0.15, 0.2) is 0 Å². The van der Waals surface area contributed by atoms with Crippen LogP contribution in [-0.4, -0.2) is 84.5 Å². The molecule has 31 heavy (non-hydrogen) atoms. The van der Waals surface area contributed by atoms with Gasteiger partial charge in [-0.25, -0.2) is 0 Å². The Bertz CT molecular complexity index is 693. The number of nitrogens with two attached hydrogens (primary N) is 1. The van der Waals surface area contributed by atoms with E-state index < -0.39 is 6.10 Å². The highest BCUT2D eigenvalue weighted by Crippen LogP contribution is 2.35. The van der Waals surface area contributed by atoms with Crippen LogP contribution in [0.4, 0.5) is 0 Å².